The molecular formula is C18H12N2O3. The molecule has 2 aromatic carbocycles. The molecule has 0 amide bonds. The lowest BCUT2D eigenvalue weighted by Crippen LogP contribution is -1.97. The second-order valence-corrected chi connectivity index (χ2v) is 4.97. The highest BCUT2D eigenvalue weighted by molar-refractivity contribution is 5.87. The Labute approximate surface area is 132 Å². The zero-order chi connectivity index (χ0) is 16.4. The molecule has 3 aromatic rings. The minimum absolute atomic E-state index is 0.1000. The second-order valence-electron chi connectivity index (χ2n) is 4.97. The quantitative estimate of drug-likeness (QED) is 0.776. The van der Waals surface area contributed by atoms with Crippen molar-refractivity contribution in [2.75, 3.05) is 0 Å². The van der Waals surface area contributed by atoms with E-state index >= 15 is 0 Å². The van der Waals surface area contributed by atoms with Crippen molar-refractivity contribution in [2.24, 2.45) is 0 Å². The van der Waals surface area contributed by atoms with Crippen LogP contribution in [-0.2, 0) is 0 Å². The topological polar surface area (TPSA) is 86.2 Å². The minimum atomic E-state index is -0.989. The van der Waals surface area contributed by atoms with E-state index in [9.17, 15) is 15.2 Å². The van der Waals surface area contributed by atoms with Gasteiger partial charge in [-0.2, -0.15) is 5.26 Å². The molecule has 1 heterocycles. The smallest absolute Gasteiger partial charge is 0.335 e. The van der Waals surface area contributed by atoms with Gasteiger partial charge in [-0.25, -0.2) is 4.79 Å². The van der Waals surface area contributed by atoms with Crippen molar-refractivity contribution in [3.05, 3.63) is 72.1 Å². The van der Waals surface area contributed by atoms with Gasteiger partial charge in [-0.3, -0.25) is 0 Å². The van der Waals surface area contributed by atoms with Crippen LogP contribution in [0.1, 0.15) is 15.9 Å². The third kappa shape index (κ3) is 2.65. The van der Waals surface area contributed by atoms with Crippen molar-refractivity contribution in [1.82, 2.24) is 4.57 Å². The molecule has 0 unspecified atom stereocenters. The summed E-state index contributed by atoms with van der Waals surface area (Å²) >= 11 is 0. The van der Waals surface area contributed by atoms with E-state index in [0.717, 1.165) is 5.69 Å². The van der Waals surface area contributed by atoms with Crippen LogP contribution in [0.25, 0.3) is 16.8 Å². The second kappa shape index (κ2) is 5.70. The van der Waals surface area contributed by atoms with Crippen molar-refractivity contribution < 1.29 is 15.0 Å². The number of nitriles is 1. The average Bonchev–Trinajstić information content (AvgIpc) is 2.99. The van der Waals surface area contributed by atoms with Gasteiger partial charge in [0.25, 0.3) is 0 Å². The zero-order valence-corrected chi connectivity index (χ0v) is 12.0. The first-order valence-electron chi connectivity index (χ1n) is 6.84. The van der Waals surface area contributed by atoms with Gasteiger partial charge in [0.2, 0.25) is 0 Å². The highest BCUT2D eigenvalue weighted by Gasteiger charge is 2.13. The lowest BCUT2D eigenvalue weighted by atomic mass is 10.0. The number of phenolic OH excluding ortho intramolecular Hbond substituents is 1. The van der Waals surface area contributed by atoms with Crippen LogP contribution in [0.15, 0.2) is 60.9 Å². The van der Waals surface area contributed by atoms with Gasteiger partial charge < -0.3 is 14.8 Å². The fourth-order valence-corrected chi connectivity index (χ4v) is 2.38. The van der Waals surface area contributed by atoms with Gasteiger partial charge in [0.1, 0.15) is 11.8 Å². The molecule has 0 aliphatic heterocycles. The number of benzene rings is 2. The van der Waals surface area contributed by atoms with E-state index in [-0.39, 0.29) is 11.3 Å². The zero-order valence-electron chi connectivity index (χ0n) is 12.0. The summed E-state index contributed by atoms with van der Waals surface area (Å²) in [4.78, 5) is 10.9. The van der Waals surface area contributed by atoms with Crippen LogP contribution in [0.4, 0.5) is 0 Å². The molecule has 23 heavy (non-hydrogen) atoms. The molecule has 1 aromatic heterocycles. The Morgan fingerprint density at radius 3 is 2.30 bits per heavy atom. The largest absolute Gasteiger partial charge is 0.507 e. The summed E-state index contributed by atoms with van der Waals surface area (Å²) in [5, 5.41) is 28.2. The summed E-state index contributed by atoms with van der Waals surface area (Å²) in [6.07, 6.45) is 3.39. The maximum atomic E-state index is 10.9. The van der Waals surface area contributed by atoms with Crippen molar-refractivity contribution in [3.8, 4) is 28.6 Å². The molecule has 112 valence electrons. The lowest BCUT2D eigenvalue weighted by Gasteiger charge is -2.04. The highest BCUT2D eigenvalue weighted by atomic mass is 16.4. The fraction of sp³-hybridized carbons (Fsp3) is 0. The van der Waals surface area contributed by atoms with E-state index in [4.69, 9.17) is 5.11 Å². The molecule has 0 aliphatic rings. The Morgan fingerprint density at radius 2 is 1.70 bits per heavy atom. The highest BCUT2D eigenvalue weighted by Crippen LogP contribution is 2.32. The molecule has 0 bridgehead atoms. The van der Waals surface area contributed by atoms with Crippen molar-refractivity contribution in [3.63, 3.8) is 0 Å². The summed E-state index contributed by atoms with van der Waals surface area (Å²) in [5.41, 5.74) is 2.54. The van der Waals surface area contributed by atoms with E-state index in [2.05, 4.69) is 6.07 Å². The van der Waals surface area contributed by atoms with Crippen LogP contribution in [-0.4, -0.2) is 20.7 Å². The number of nitrogens with zero attached hydrogens (tertiary/aromatic N) is 2. The van der Waals surface area contributed by atoms with Crippen molar-refractivity contribution in [2.45, 2.75) is 0 Å². The predicted octanol–water partition coefficient (Wildman–Crippen LogP) is 3.42. The van der Waals surface area contributed by atoms with Gasteiger partial charge in [0.15, 0.2) is 0 Å². The summed E-state index contributed by atoms with van der Waals surface area (Å²) in [7, 11) is 0. The van der Waals surface area contributed by atoms with Crippen LogP contribution in [0.2, 0.25) is 0 Å². The molecule has 0 fully saturated rings. The third-order valence-electron chi connectivity index (χ3n) is 3.55. The fourth-order valence-electron chi connectivity index (χ4n) is 2.38. The minimum Gasteiger partial charge on any atom is -0.507 e. The molecule has 5 heteroatoms. The molecule has 0 atom stereocenters. The number of hydrogen-bond donors (Lipinski definition) is 2. The number of hydrogen-bond acceptors (Lipinski definition) is 3. The molecule has 0 saturated heterocycles. The molecule has 3 rings (SSSR count). The molecule has 2 N–H and O–H groups in total. The number of aromatic hydroxyl groups is 1. The average molecular weight is 304 g/mol. The number of phenols is 1. The van der Waals surface area contributed by atoms with Crippen LogP contribution < -0.4 is 0 Å². The summed E-state index contributed by atoms with van der Waals surface area (Å²) in [6, 6.07) is 15.3. The van der Waals surface area contributed by atoms with E-state index in [1.165, 1.54) is 12.1 Å². The normalized spacial score (nSPS) is 10.2. The first-order valence-corrected chi connectivity index (χ1v) is 6.84. The van der Waals surface area contributed by atoms with Crippen LogP contribution in [0, 0.1) is 11.3 Å². The van der Waals surface area contributed by atoms with Gasteiger partial charge >= 0.3 is 5.97 Å². The van der Waals surface area contributed by atoms with Gasteiger partial charge in [-0.1, -0.05) is 18.2 Å². The summed E-state index contributed by atoms with van der Waals surface area (Å²) in [6.45, 7) is 0. The number of rotatable bonds is 3. The monoisotopic (exact) mass is 304 g/mol. The molecule has 0 radical (unpaired) electrons. The summed E-state index contributed by atoms with van der Waals surface area (Å²) < 4.78 is 1.73. The Kier molecular flexibility index (Phi) is 3.57. The Hall–Kier alpha value is -3.52. The third-order valence-corrected chi connectivity index (χ3v) is 3.55. The van der Waals surface area contributed by atoms with Gasteiger partial charge in [-0.15, -0.1) is 0 Å². The number of carbonyl (C=O) groups is 1. The number of carboxylic acid groups (broad SMARTS) is 1. The first kappa shape index (κ1) is 14.4. The predicted molar refractivity (Wildman–Crippen MR) is 84.5 cm³/mol. The van der Waals surface area contributed by atoms with Crippen LogP contribution in [0.3, 0.4) is 0 Å². The van der Waals surface area contributed by atoms with Crippen molar-refractivity contribution >= 4 is 5.97 Å². The van der Waals surface area contributed by atoms with Crippen LogP contribution in [0.5, 0.6) is 5.75 Å². The summed E-state index contributed by atoms with van der Waals surface area (Å²) in [5.74, 6) is -0.889. The Bertz CT molecular complexity index is 918. The number of aromatic nitrogens is 1. The van der Waals surface area contributed by atoms with E-state index in [1.54, 1.807) is 53.4 Å². The van der Waals surface area contributed by atoms with Gasteiger partial charge in [-0.05, 0) is 30.3 Å². The number of carboxylic acids is 1. The Morgan fingerprint density at radius 1 is 1.00 bits per heavy atom. The number of para-hydroxylation sites is 1. The molecular weight excluding hydrogens is 292 g/mol. The van der Waals surface area contributed by atoms with E-state index < -0.39 is 5.97 Å². The lowest BCUT2D eigenvalue weighted by molar-refractivity contribution is 0.0697. The maximum absolute atomic E-state index is 10.9. The van der Waals surface area contributed by atoms with E-state index in [0.29, 0.717) is 16.7 Å². The van der Waals surface area contributed by atoms with Crippen molar-refractivity contribution in [1.29, 1.82) is 5.26 Å². The number of aromatic carboxylic acids is 1. The van der Waals surface area contributed by atoms with Gasteiger partial charge in [0.05, 0.1) is 11.1 Å². The molecule has 0 spiro atoms. The first-order chi connectivity index (χ1) is 11.1. The standard InChI is InChI=1S/C18H12N2O3/c19-9-13-10-20(14-7-5-12(6-8-14)18(22)23)11-16(13)15-3-1-2-4-17(15)21/h1-8,10-11,21H,(H,22,23). The SMILES string of the molecule is N#Cc1cn(-c2ccc(C(=O)O)cc2)cc1-c1ccccc1O. The molecule has 0 aliphatic carbocycles. The maximum Gasteiger partial charge on any atom is 0.335 e. The molecule has 0 saturated carbocycles. The van der Waals surface area contributed by atoms with E-state index in [1.807, 2.05) is 0 Å². The Balaban J connectivity index is 2.08. The molecule has 5 nitrogen and oxygen atoms in total. The van der Waals surface area contributed by atoms with Gasteiger partial charge in [0, 0.05) is 29.2 Å². The van der Waals surface area contributed by atoms with Crippen LogP contribution >= 0.6 is 0 Å².